The van der Waals surface area contributed by atoms with E-state index in [1.165, 1.54) is 0 Å². The molecule has 20 heavy (non-hydrogen) atoms. The van der Waals surface area contributed by atoms with Gasteiger partial charge in [0.05, 0.1) is 5.56 Å². The summed E-state index contributed by atoms with van der Waals surface area (Å²) in [6.45, 7) is 0. The van der Waals surface area contributed by atoms with Crippen LogP contribution in [0.4, 0.5) is 18.9 Å². The van der Waals surface area contributed by atoms with Crippen molar-refractivity contribution < 1.29 is 18.0 Å². The molecule has 2 rings (SSSR count). The van der Waals surface area contributed by atoms with Crippen molar-refractivity contribution in [2.75, 3.05) is 5.32 Å². The number of rotatable bonds is 3. The molecule has 0 heterocycles. The van der Waals surface area contributed by atoms with Crippen molar-refractivity contribution in [3.05, 3.63) is 65.0 Å². The molecule has 0 unspecified atom stereocenters. The largest absolute Gasteiger partial charge is 0.322 e. The number of hydrogen-bond acceptors (Lipinski definition) is 1. The lowest BCUT2D eigenvalue weighted by Gasteiger charge is -2.07. The Morgan fingerprint density at radius 3 is 2.25 bits per heavy atom. The van der Waals surface area contributed by atoms with Gasteiger partial charge in [0.15, 0.2) is 17.5 Å². The SMILES string of the molecule is O=C(Nc1ccc(CCl)cc1)c1ccc(F)c(F)c1F. The van der Waals surface area contributed by atoms with Crippen LogP contribution in [-0.4, -0.2) is 5.91 Å². The van der Waals surface area contributed by atoms with Gasteiger partial charge in [-0.05, 0) is 29.8 Å². The molecule has 0 aliphatic rings. The van der Waals surface area contributed by atoms with Crippen LogP contribution in [0, 0.1) is 17.5 Å². The number of nitrogens with one attached hydrogen (secondary N) is 1. The second-order valence-corrected chi connectivity index (χ2v) is 4.27. The zero-order chi connectivity index (χ0) is 14.7. The van der Waals surface area contributed by atoms with Crippen LogP contribution in [0.3, 0.4) is 0 Å². The fourth-order valence-electron chi connectivity index (χ4n) is 1.58. The van der Waals surface area contributed by atoms with Gasteiger partial charge in [-0.15, -0.1) is 11.6 Å². The lowest BCUT2D eigenvalue weighted by Crippen LogP contribution is -2.15. The molecular formula is C14H9ClF3NO. The van der Waals surface area contributed by atoms with E-state index in [0.29, 0.717) is 17.6 Å². The molecular weight excluding hydrogens is 291 g/mol. The number of anilines is 1. The van der Waals surface area contributed by atoms with Crippen LogP contribution in [0.5, 0.6) is 0 Å². The second-order valence-electron chi connectivity index (χ2n) is 4.01. The number of carbonyl (C=O) groups is 1. The van der Waals surface area contributed by atoms with Gasteiger partial charge in [0.2, 0.25) is 0 Å². The maximum absolute atomic E-state index is 13.4. The van der Waals surface area contributed by atoms with Crippen LogP contribution in [0.2, 0.25) is 0 Å². The standard InChI is InChI=1S/C14H9ClF3NO/c15-7-8-1-3-9(4-2-8)19-14(20)10-5-6-11(16)13(18)12(10)17/h1-6H,7H2,(H,19,20). The summed E-state index contributed by atoms with van der Waals surface area (Å²) < 4.78 is 39.3. The predicted octanol–water partition coefficient (Wildman–Crippen LogP) is 4.10. The number of amides is 1. The van der Waals surface area contributed by atoms with E-state index in [1.54, 1.807) is 24.3 Å². The quantitative estimate of drug-likeness (QED) is 0.671. The van der Waals surface area contributed by atoms with E-state index in [1.807, 2.05) is 0 Å². The summed E-state index contributed by atoms with van der Waals surface area (Å²) in [6, 6.07) is 8.11. The Kier molecular flexibility index (Phi) is 4.29. The van der Waals surface area contributed by atoms with Gasteiger partial charge in [-0.3, -0.25) is 4.79 Å². The molecule has 2 aromatic carbocycles. The van der Waals surface area contributed by atoms with Crippen LogP contribution in [0.1, 0.15) is 15.9 Å². The van der Waals surface area contributed by atoms with Gasteiger partial charge < -0.3 is 5.32 Å². The molecule has 0 aliphatic carbocycles. The molecule has 1 amide bonds. The molecule has 0 radical (unpaired) electrons. The monoisotopic (exact) mass is 299 g/mol. The molecule has 0 spiro atoms. The predicted molar refractivity (Wildman–Crippen MR) is 70.3 cm³/mol. The molecule has 104 valence electrons. The molecule has 0 aromatic heterocycles. The van der Waals surface area contributed by atoms with E-state index in [-0.39, 0.29) is 0 Å². The highest BCUT2D eigenvalue weighted by molar-refractivity contribution is 6.17. The van der Waals surface area contributed by atoms with E-state index < -0.39 is 28.9 Å². The van der Waals surface area contributed by atoms with Crippen molar-refractivity contribution in [3.8, 4) is 0 Å². The molecule has 0 saturated heterocycles. The third kappa shape index (κ3) is 2.93. The summed E-state index contributed by atoms with van der Waals surface area (Å²) in [4.78, 5) is 11.8. The normalized spacial score (nSPS) is 10.4. The minimum atomic E-state index is -1.67. The van der Waals surface area contributed by atoms with E-state index in [4.69, 9.17) is 11.6 Å². The average molecular weight is 300 g/mol. The van der Waals surface area contributed by atoms with Gasteiger partial charge in [0.1, 0.15) is 0 Å². The molecule has 0 bridgehead atoms. The summed E-state index contributed by atoms with van der Waals surface area (Å²) >= 11 is 5.62. The second kappa shape index (κ2) is 5.96. The molecule has 0 aliphatic heterocycles. The zero-order valence-electron chi connectivity index (χ0n) is 10.1. The van der Waals surface area contributed by atoms with Gasteiger partial charge in [-0.25, -0.2) is 13.2 Å². The van der Waals surface area contributed by atoms with E-state index in [9.17, 15) is 18.0 Å². The maximum Gasteiger partial charge on any atom is 0.258 e. The van der Waals surface area contributed by atoms with Crippen LogP contribution in [-0.2, 0) is 5.88 Å². The number of benzene rings is 2. The smallest absolute Gasteiger partial charge is 0.258 e. The Hall–Kier alpha value is -2.01. The van der Waals surface area contributed by atoms with Crippen molar-refractivity contribution >= 4 is 23.2 Å². The average Bonchev–Trinajstić information content (AvgIpc) is 2.45. The number of carbonyl (C=O) groups excluding carboxylic acids is 1. The van der Waals surface area contributed by atoms with Crippen LogP contribution in [0.15, 0.2) is 36.4 Å². The summed E-state index contributed by atoms with van der Waals surface area (Å²) in [5.74, 6) is -5.06. The van der Waals surface area contributed by atoms with E-state index in [2.05, 4.69) is 5.32 Å². The summed E-state index contributed by atoms with van der Waals surface area (Å²) in [5, 5.41) is 2.39. The lowest BCUT2D eigenvalue weighted by molar-refractivity contribution is 0.102. The van der Waals surface area contributed by atoms with Gasteiger partial charge >= 0.3 is 0 Å². The van der Waals surface area contributed by atoms with E-state index >= 15 is 0 Å². The first kappa shape index (κ1) is 14.4. The summed E-state index contributed by atoms with van der Waals surface area (Å²) in [7, 11) is 0. The Morgan fingerprint density at radius 1 is 1.00 bits per heavy atom. The number of alkyl halides is 1. The topological polar surface area (TPSA) is 29.1 Å². The molecule has 1 N–H and O–H groups in total. The van der Waals surface area contributed by atoms with Crippen molar-refractivity contribution in [1.29, 1.82) is 0 Å². The van der Waals surface area contributed by atoms with Crippen molar-refractivity contribution in [3.63, 3.8) is 0 Å². The fraction of sp³-hybridized carbons (Fsp3) is 0.0714. The molecule has 2 nitrogen and oxygen atoms in total. The van der Waals surface area contributed by atoms with Gasteiger partial charge in [-0.1, -0.05) is 12.1 Å². The molecule has 0 atom stereocenters. The van der Waals surface area contributed by atoms with E-state index in [0.717, 1.165) is 11.6 Å². The first-order chi connectivity index (χ1) is 9.52. The minimum Gasteiger partial charge on any atom is -0.322 e. The van der Waals surface area contributed by atoms with Gasteiger partial charge in [0.25, 0.3) is 5.91 Å². The highest BCUT2D eigenvalue weighted by Crippen LogP contribution is 2.17. The Morgan fingerprint density at radius 2 is 1.65 bits per heavy atom. The van der Waals surface area contributed by atoms with Crippen molar-refractivity contribution in [1.82, 2.24) is 0 Å². The summed E-state index contributed by atoms with van der Waals surface area (Å²) in [6.07, 6.45) is 0. The Balaban J connectivity index is 2.21. The fourth-order valence-corrected chi connectivity index (χ4v) is 1.76. The lowest BCUT2D eigenvalue weighted by atomic mass is 10.1. The molecule has 6 heteroatoms. The third-order valence-electron chi connectivity index (χ3n) is 2.65. The number of halogens is 4. The van der Waals surface area contributed by atoms with Gasteiger partial charge in [0, 0.05) is 11.6 Å². The highest BCUT2D eigenvalue weighted by atomic mass is 35.5. The first-order valence-corrected chi connectivity index (χ1v) is 6.16. The van der Waals surface area contributed by atoms with Crippen molar-refractivity contribution in [2.24, 2.45) is 0 Å². The molecule has 0 fully saturated rings. The third-order valence-corrected chi connectivity index (χ3v) is 2.95. The van der Waals surface area contributed by atoms with Gasteiger partial charge in [-0.2, -0.15) is 0 Å². The molecule has 2 aromatic rings. The summed E-state index contributed by atoms with van der Waals surface area (Å²) in [5.41, 5.74) is 0.682. The van der Waals surface area contributed by atoms with Crippen LogP contribution >= 0.6 is 11.6 Å². The Labute approximate surface area is 118 Å². The van der Waals surface area contributed by atoms with Crippen LogP contribution < -0.4 is 5.32 Å². The highest BCUT2D eigenvalue weighted by Gasteiger charge is 2.18. The molecule has 0 saturated carbocycles. The van der Waals surface area contributed by atoms with Crippen LogP contribution in [0.25, 0.3) is 0 Å². The van der Waals surface area contributed by atoms with Crippen molar-refractivity contribution in [2.45, 2.75) is 5.88 Å². The zero-order valence-corrected chi connectivity index (χ0v) is 10.8. The maximum atomic E-state index is 13.4. The first-order valence-electron chi connectivity index (χ1n) is 5.62. The number of hydrogen-bond donors (Lipinski definition) is 1. The minimum absolute atomic E-state index is 0.325. The Bertz CT molecular complexity index is 644.